The minimum Gasteiger partial charge on any atom is -0.502 e. The number of hydrogen-bond donors (Lipinski definition) is 2. The SMILES string of the molecule is CC.Nc1cocc(O)c1=O. The van der Waals surface area contributed by atoms with Crippen LogP contribution in [0.5, 0.6) is 5.75 Å². The van der Waals surface area contributed by atoms with Crippen molar-refractivity contribution in [2.75, 3.05) is 5.73 Å². The lowest BCUT2D eigenvalue weighted by Crippen LogP contribution is -2.05. The number of nitrogen functional groups attached to an aromatic ring is 1. The highest BCUT2D eigenvalue weighted by atomic mass is 16.3. The van der Waals surface area contributed by atoms with E-state index in [1.165, 1.54) is 0 Å². The van der Waals surface area contributed by atoms with Crippen LogP contribution in [0.2, 0.25) is 0 Å². The Morgan fingerprint density at radius 3 is 2.36 bits per heavy atom. The van der Waals surface area contributed by atoms with E-state index in [0.717, 1.165) is 12.5 Å². The molecule has 11 heavy (non-hydrogen) atoms. The summed E-state index contributed by atoms with van der Waals surface area (Å²) in [6, 6.07) is 0. The van der Waals surface area contributed by atoms with Gasteiger partial charge >= 0.3 is 0 Å². The van der Waals surface area contributed by atoms with E-state index in [2.05, 4.69) is 4.42 Å². The molecule has 0 fully saturated rings. The van der Waals surface area contributed by atoms with Crippen molar-refractivity contribution in [2.45, 2.75) is 13.8 Å². The zero-order chi connectivity index (χ0) is 8.85. The Hall–Kier alpha value is -1.45. The Bertz CT molecular complexity index is 243. The van der Waals surface area contributed by atoms with Crippen LogP contribution in [0.3, 0.4) is 0 Å². The molecule has 0 aliphatic heterocycles. The van der Waals surface area contributed by atoms with Crippen LogP contribution in [0, 0.1) is 0 Å². The van der Waals surface area contributed by atoms with E-state index in [4.69, 9.17) is 10.8 Å². The average molecular weight is 157 g/mol. The van der Waals surface area contributed by atoms with Gasteiger partial charge in [-0.1, -0.05) is 13.8 Å². The van der Waals surface area contributed by atoms with Crippen molar-refractivity contribution >= 4 is 5.69 Å². The van der Waals surface area contributed by atoms with Crippen LogP contribution in [-0.4, -0.2) is 5.11 Å². The normalized spacial score (nSPS) is 8.18. The van der Waals surface area contributed by atoms with Crippen LogP contribution in [0.15, 0.2) is 21.7 Å². The molecular formula is C7H11NO3. The largest absolute Gasteiger partial charge is 0.502 e. The van der Waals surface area contributed by atoms with E-state index in [9.17, 15) is 4.79 Å². The molecule has 0 bridgehead atoms. The second-order valence-electron chi connectivity index (χ2n) is 1.54. The van der Waals surface area contributed by atoms with Crippen LogP contribution in [0.4, 0.5) is 5.69 Å². The zero-order valence-electron chi connectivity index (χ0n) is 6.50. The van der Waals surface area contributed by atoms with Gasteiger partial charge in [-0.2, -0.15) is 0 Å². The third kappa shape index (κ3) is 2.33. The van der Waals surface area contributed by atoms with Gasteiger partial charge in [0, 0.05) is 0 Å². The van der Waals surface area contributed by atoms with E-state index < -0.39 is 11.2 Å². The van der Waals surface area contributed by atoms with Gasteiger partial charge < -0.3 is 15.3 Å². The molecule has 0 aromatic carbocycles. The highest BCUT2D eigenvalue weighted by molar-refractivity contribution is 5.37. The topological polar surface area (TPSA) is 76.5 Å². The molecule has 0 spiro atoms. The fraction of sp³-hybridized carbons (Fsp3) is 0.286. The highest BCUT2D eigenvalue weighted by Crippen LogP contribution is 2.01. The molecule has 4 heteroatoms. The van der Waals surface area contributed by atoms with Gasteiger partial charge in [0.25, 0.3) is 0 Å². The van der Waals surface area contributed by atoms with Crippen molar-refractivity contribution in [3.63, 3.8) is 0 Å². The Morgan fingerprint density at radius 1 is 1.45 bits per heavy atom. The molecule has 0 aliphatic carbocycles. The minimum atomic E-state index is -0.596. The van der Waals surface area contributed by atoms with E-state index in [1.807, 2.05) is 13.8 Å². The standard InChI is InChI=1S/C5H5NO3.C2H6/c6-3-1-9-2-4(7)5(3)8;1-2/h1-2,7H,6H2;1-2H3. The summed E-state index contributed by atoms with van der Waals surface area (Å²) in [6.07, 6.45) is 2.00. The molecule has 1 heterocycles. The molecule has 0 radical (unpaired) electrons. The molecule has 0 atom stereocenters. The van der Waals surface area contributed by atoms with E-state index >= 15 is 0 Å². The molecule has 3 N–H and O–H groups in total. The molecule has 1 aromatic rings. The average Bonchev–Trinajstić information content (AvgIpc) is 2.04. The first-order valence-corrected chi connectivity index (χ1v) is 3.27. The summed E-state index contributed by atoms with van der Waals surface area (Å²) < 4.78 is 4.44. The van der Waals surface area contributed by atoms with E-state index in [0.29, 0.717) is 0 Å². The number of aromatic hydroxyl groups is 1. The quantitative estimate of drug-likeness (QED) is 0.587. The molecule has 1 aromatic heterocycles. The lowest BCUT2D eigenvalue weighted by molar-refractivity contribution is 0.431. The van der Waals surface area contributed by atoms with Gasteiger partial charge in [-0.3, -0.25) is 4.79 Å². The van der Waals surface area contributed by atoms with Gasteiger partial charge in [-0.05, 0) is 0 Å². The van der Waals surface area contributed by atoms with Gasteiger partial charge in [0.1, 0.15) is 18.2 Å². The van der Waals surface area contributed by atoms with Gasteiger partial charge in [-0.15, -0.1) is 0 Å². The van der Waals surface area contributed by atoms with Crippen molar-refractivity contribution < 1.29 is 9.52 Å². The van der Waals surface area contributed by atoms with Crippen molar-refractivity contribution in [2.24, 2.45) is 0 Å². The smallest absolute Gasteiger partial charge is 0.249 e. The van der Waals surface area contributed by atoms with Crippen LogP contribution in [0.1, 0.15) is 13.8 Å². The van der Waals surface area contributed by atoms with Crippen molar-refractivity contribution in [3.8, 4) is 5.75 Å². The number of hydrogen-bond acceptors (Lipinski definition) is 4. The van der Waals surface area contributed by atoms with Crippen molar-refractivity contribution in [1.82, 2.24) is 0 Å². The summed E-state index contributed by atoms with van der Waals surface area (Å²) in [7, 11) is 0. The molecule has 0 aliphatic rings. The lowest BCUT2D eigenvalue weighted by atomic mass is 10.4. The predicted octanol–water partition coefficient (Wildman–Crippen LogP) is 0.954. The van der Waals surface area contributed by atoms with Crippen LogP contribution in [0.25, 0.3) is 0 Å². The Morgan fingerprint density at radius 2 is 2.00 bits per heavy atom. The fourth-order valence-electron chi connectivity index (χ4n) is 0.427. The van der Waals surface area contributed by atoms with Crippen LogP contribution in [-0.2, 0) is 0 Å². The molecule has 4 nitrogen and oxygen atoms in total. The minimum absolute atomic E-state index is 0.0880. The summed E-state index contributed by atoms with van der Waals surface area (Å²) in [5.74, 6) is -0.463. The number of anilines is 1. The third-order valence-electron chi connectivity index (χ3n) is 0.870. The summed E-state index contributed by atoms with van der Waals surface area (Å²) in [5, 5.41) is 8.61. The summed E-state index contributed by atoms with van der Waals surface area (Å²) in [6.45, 7) is 4.00. The van der Waals surface area contributed by atoms with Gasteiger partial charge in [0.05, 0.1) is 0 Å². The predicted molar refractivity (Wildman–Crippen MR) is 42.4 cm³/mol. The van der Waals surface area contributed by atoms with Crippen molar-refractivity contribution in [1.29, 1.82) is 0 Å². The van der Waals surface area contributed by atoms with Gasteiger partial charge in [0.15, 0.2) is 0 Å². The first-order chi connectivity index (χ1) is 5.22. The summed E-state index contributed by atoms with van der Waals surface area (Å²) in [4.78, 5) is 10.5. The van der Waals surface area contributed by atoms with E-state index in [-0.39, 0.29) is 5.69 Å². The molecule has 0 unspecified atom stereocenters. The van der Waals surface area contributed by atoms with Crippen LogP contribution >= 0.6 is 0 Å². The molecule has 0 saturated heterocycles. The summed E-state index contributed by atoms with van der Waals surface area (Å²) in [5.41, 5.74) is 4.37. The molecule has 62 valence electrons. The Balaban J connectivity index is 0.000000461. The van der Waals surface area contributed by atoms with E-state index in [1.54, 1.807) is 0 Å². The fourth-order valence-corrected chi connectivity index (χ4v) is 0.427. The monoisotopic (exact) mass is 157 g/mol. The lowest BCUT2D eigenvalue weighted by Gasteiger charge is -1.89. The molecule has 1 rings (SSSR count). The van der Waals surface area contributed by atoms with Gasteiger partial charge in [0.2, 0.25) is 11.2 Å². The zero-order valence-corrected chi connectivity index (χ0v) is 6.50. The Kier molecular flexibility index (Phi) is 3.80. The second-order valence-corrected chi connectivity index (χ2v) is 1.54. The maximum Gasteiger partial charge on any atom is 0.249 e. The first kappa shape index (κ1) is 9.55. The Labute approximate surface area is 64.3 Å². The molecular weight excluding hydrogens is 146 g/mol. The summed E-state index contributed by atoms with van der Waals surface area (Å²) >= 11 is 0. The van der Waals surface area contributed by atoms with Gasteiger partial charge in [-0.25, -0.2) is 0 Å². The maximum atomic E-state index is 10.5. The second kappa shape index (κ2) is 4.38. The molecule has 0 amide bonds. The third-order valence-corrected chi connectivity index (χ3v) is 0.870. The van der Waals surface area contributed by atoms with Crippen LogP contribution < -0.4 is 11.2 Å². The highest BCUT2D eigenvalue weighted by Gasteiger charge is 1.98. The van der Waals surface area contributed by atoms with Crippen molar-refractivity contribution in [3.05, 3.63) is 22.7 Å². The maximum absolute atomic E-state index is 10.5. The number of rotatable bonds is 0. The first-order valence-electron chi connectivity index (χ1n) is 3.27. The number of nitrogens with two attached hydrogens (primary N) is 1. The molecule has 0 saturated carbocycles.